The van der Waals surface area contributed by atoms with Crippen LogP contribution in [0.2, 0.25) is 0 Å². The Morgan fingerprint density at radius 3 is 2.63 bits per heavy atom. The Labute approximate surface area is 198 Å². The van der Waals surface area contributed by atoms with Crippen molar-refractivity contribution in [2.24, 2.45) is 0 Å². The number of hydrogen-bond acceptors (Lipinski definition) is 6. The molecule has 4 aromatic rings. The molecule has 6 rings (SSSR count). The van der Waals surface area contributed by atoms with Gasteiger partial charge in [0.25, 0.3) is 5.91 Å². The summed E-state index contributed by atoms with van der Waals surface area (Å²) in [6.07, 6.45) is 3.75. The molecule has 2 aliphatic heterocycles. The Morgan fingerprint density at radius 1 is 1.14 bits per heavy atom. The van der Waals surface area contributed by atoms with E-state index in [2.05, 4.69) is 15.3 Å². The number of alkyl halides is 2. The van der Waals surface area contributed by atoms with E-state index < -0.39 is 19.8 Å². The Balaban J connectivity index is 1.51. The number of rotatable bonds is 4. The van der Waals surface area contributed by atoms with Crippen LogP contribution in [0.1, 0.15) is 40.3 Å². The van der Waals surface area contributed by atoms with E-state index in [0.29, 0.717) is 34.5 Å². The Hall–Kier alpha value is -3.65. The molecule has 2 aliphatic rings. The smallest absolute Gasteiger partial charge is 0.387 e. The van der Waals surface area contributed by atoms with Gasteiger partial charge in [0.15, 0.2) is 5.57 Å². The third-order valence-electron chi connectivity index (χ3n) is 6.42. The molecule has 2 atom stereocenters. The van der Waals surface area contributed by atoms with Gasteiger partial charge in [-0.1, -0.05) is 12.1 Å². The number of nitrogens with zero attached hydrogens (tertiary/aromatic N) is 4. The maximum absolute atomic E-state index is 13.2. The second-order valence-electron chi connectivity index (χ2n) is 9.04. The second kappa shape index (κ2) is 7.68. The van der Waals surface area contributed by atoms with Crippen molar-refractivity contribution in [3.05, 3.63) is 65.7 Å². The quantitative estimate of drug-likeness (QED) is 0.428. The maximum Gasteiger partial charge on any atom is 0.387 e. The van der Waals surface area contributed by atoms with Crippen LogP contribution in [-0.4, -0.2) is 45.4 Å². The lowest BCUT2D eigenvalue weighted by molar-refractivity contribution is -0.0507. The van der Waals surface area contributed by atoms with E-state index in [1.54, 1.807) is 31.8 Å². The molecule has 1 amide bonds. The molecule has 0 aliphatic carbocycles. The molecule has 8 nitrogen and oxygen atoms in total. The highest BCUT2D eigenvalue weighted by Crippen LogP contribution is 2.47. The summed E-state index contributed by atoms with van der Waals surface area (Å²) < 4.78 is 45.4. The molecule has 0 saturated carbocycles. The highest BCUT2D eigenvalue weighted by molar-refractivity contribution is 7.69. The number of halogens is 2. The zero-order chi connectivity index (χ0) is 24.5. The molecule has 11 heteroatoms. The van der Waals surface area contributed by atoms with Crippen LogP contribution in [0.4, 0.5) is 8.78 Å². The molecule has 2 aromatic carbocycles. The number of carbonyl (C=O) groups excluding carboxylic acids is 1. The van der Waals surface area contributed by atoms with Gasteiger partial charge >= 0.3 is 6.61 Å². The lowest BCUT2D eigenvalue weighted by atomic mass is 9.97. The van der Waals surface area contributed by atoms with Crippen LogP contribution < -0.4 is 15.6 Å². The minimum absolute atomic E-state index is 0.0169. The Bertz CT molecular complexity index is 1550. The third kappa shape index (κ3) is 3.51. The normalized spacial score (nSPS) is 18.8. The van der Waals surface area contributed by atoms with E-state index >= 15 is 0 Å². The Morgan fingerprint density at radius 2 is 1.91 bits per heavy atom. The number of amides is 1. The first kappa shape index (κ1) is 21.9. The number of ether oxygens (including phenoxy) is 1. The van der Waals surface area contributed by atoms with Crippen molar-refractivity contribution >= 4 is 29.6 Å². The molecule has 2 bridgehead atoms. The van der Waals surface area contributed by atoms with Crippen molar-refractivity contribution in [1.29, 1.82) is 0 Å². The van der Waals surface area contributed by atoms with Crippen LogP contribution in [0.25, 0.3) is 22.2 Å². The summed E-state index contributed by atoms with van der Waals surface area (Å²) in [5, 5.41) is 2.98. The van der Waals surface area contributed by atoms with Crippen molar-refractivity contribution in [1.82, 2.24) is 24.8 Å². The van der Waals surface area contributed by atoms with Gasteiger partial charge in [0.05, 0.1) is 23.1 Å². The van der Waals surface area contributed by atoms with Gasteiger partial charge in [-0.15, -0.1) is 0 Å². The summed E-state index contributed by atoms with van der Waals surface area (Å²) in [6.45, 7) is 0.222. The first-order chi connectivity index (χ1) is 16.7. The van der Waals surface area contributed by atoms with E-state index in [1.807, 2.05) is 22.8 Å². The first-order valence-corrected chi connectivity index (χ1v) is 13.6. The van der Waals surface area contributed by atoms with Crippen LogP contribution in [0.5, 0.6) is 5.75 Å². The van der Waals surface area contributed by atoms with Crippen molar-refractivity contribution in [3.8, 4) is 16.9 Å². The van der Waals surface area contributed by atoms with Crippen LogP contribution in [0.15, 0.2) is 48.8 Å². The van der Waals surface area contributed by atoms with E-state index in [9.17, 15) is 18.1 Å². The predicted octanol–water partition coefficient (Wildman–Crippen LogP) is 4.12. The average Bonchev–Trinajstić information content (AvgIpc) is 3.30. The van der Waals surface area contributed by atoms with Crippen molar-refractivity contribution in [2.75, 3.05) is 13.3 Å². The largest absolute Gasteiger partial charge is 0.434 e. The summed E-state index contributed by atoms with van der Waals surface area (Å²) in [7, 11) is -2.57. The fraction of sp³-hybridized carbons (Fsp3) is 0.250. The fourth-order valence-corrected chi connectivity index (χ4v) is 5.61. The molecular formula is C24H20F2N5O3P. The van der Waals surface area contributed by atoms with E-state index in [1.165, 1.54) is 12.1 Å². The highest BCUT2D eigenvalue weighted by Gasteiger charge is 2.42. The van der Waals surface area contributed by atoms with E-state index in [0.717, 1.165) is 16.6 Å². The molecule has 0 fully saturated rings. The minimum atomic E-state index is -3.01. The van der Waals surface area contributed by atoms with Gasteiger partial charge in [0.2, 0.25) is 0 Å². The lowest BCUT2D eigenvalue weighted by Crippen LogP contribution is -2.28. The van der Waals surface area contributed by atoms with Gasteiger partial charge in [-0.25, -0.2) is 15.0 Å². The van der Waals surface area contributed by atoms with Gasteiger partial charge in [-0.3, -0.25) is 4.79 Å². The molecule has 4 heterocycles. The van der Waals surface area contributed by atoms with Crippen molar-refractivity contribution in [2.45, 2.75) is 25.1 Å². The van der Waals surface area contributed by atoms with Gasteiger partial charge in [0, 0.05) is 29.1 Å². The van der Waals surface area contributed by atoms with Gasteiger partial charge < -0.3 is 19.2 Å². The molecule has 178 valence electrons. The number of carbonyl (C=O) groups is 1. The monoisotopic (exact) mass is 495 g/mol. The molecule has 0 saturated heterocycles. The summed E-state index contributed by atoms with van der Waals surface area (Å²) in [5.74, 6) is 0.307. The average molecular weight is 495 g/mol. The topological polar surface area (TPSA) is 99.0 Å². The number of fused-ring (bicyclic) bond motifs is 9. The maximum atomic E-state index is 13.2. The Kier molecular flexibility index (Phi) is 4.79. The predicted molar refractivity (Wildman–Crippen MR) is 126 cm³/mol. The highest BCUT2D eigenvalue weighted by atomic mass is 31.2. The van der Waals surface area contributed by atoms with Crippen molar-refractivity contribution < 1.29 is 22.9 Å². The van der Waals surface area contributed by atoms with E-state index in [-0.39, 0.29) is 17.7 Å². The summed E-state index contributed by atoms with van der Waals surface area (Å²) in [6, 6.07) is 9.54. The number of imidazole rings is 1. The van der Waals surface area contributed by atoms with Crippen molar-refractivity contribution in [3.63, 3.8) is 0 Å². The van der Waals surface area contributed by atoms with Gasteiger partial charge in [0.1, 0.15) is 18.7 Å². The lowest BCUT2D eigenvalue weighted by Gasteiger charge is -2.21. The summed E-state index contributed by atoms with van der Waals surface area (Å²) in [4.78, 5) is 26.2. The minimum Gasteiger partial charge on any atom is -0.434 e. The van der Waals surface area contributed by atoms with E-state index in [4.69, 9.17) is 9.72 Å². The number of nitrogens with one attached hydrogen (secondary N) is 1. The van der Waals surface area contributed by atoms with Crippen LogP contribution >= 0.6 is 7.14 Å². The summed E-state index contributed by atoms with van der Waals surface area (Å²) in [5.41, 5.74) is 4.13. The van der Waals surface area contributed by atoms with Crippen LogP contribution in [-0.2, 0) is 4.57 Å². The molecule has 35 heavy (non-hydrogen) atoms. The number of hydrogen-bond donors (Lipinski definition) is 1. The molecule has 2 aromatic heterocycles. The van der Waals surface area contributed by atoms with Gasteiger partial charge in [-0.05, 0) is 49.6 Å². The number of aromatic nitrogens is 4. The van der Waals surface area contributed by atoms with Crippen LogP contribution in [0.3, 0.4) is 0 Å². The zero-order valence-electron chi connectivity index (χ0n) is 18.8. The standard InChI is InChI=1S/C24H20F2N5O3P/c1-35(2,33)24-27-10-13(11-28-24)12-6-7-15-17(8-12)31-18-9-16(21(31)29-15)30-22(32)14-4-3-5-19(20(14)18)34-23(25)26/h3-8,10-11,16,18,23H,9H2,1-2H3,(H,30,32)/t16-,18-/m1/s1. The summed E-state index contributed by atoms with van der Waals surface area (Å²) >= 11 is 0. The second-order valence-corrected chi connectivity index (χ2v) is 12.1. The molecule has 1 N–H and O–H groups in total. The molecule has 0 radical (unpaired) electrons. The fourth-order valence-electron chi connectivity index (χ4n) is 4.94. The first-order valence-electron chi connectivity index (χ1n) is 11.0. The van der Waals surface area contributed by atoms with Crippen LogP contribution in [0, 0.1) is 0 Å². The molecule has 0 unspecified atom stereocenters. The zero-order valence-corrected chi connectivity index (χ0v) is 19.7. The SMILES string of the molecule is CP(C)(=O)c1ncc(-c2ccc3nc4n(c3c2)[C@@H]2C[C@H]4NC(=O)c3cccc(OC(F)F)c32)cn1. The molecule has 0 spiro atoms. The number of benzene rings is 2. The van der Waals surface area contributed by atoms with Gasteiger partial charge in [-0.2, -0.15) is 8.78 Å². The third-order valence-corrected chi connectivity index (χ3v) is 7.61. The molecular weight excluding hydrogens is 475 g/mol.